The van der Waals surface area contributed by atoms with Crippen molar-refractivity contribution in [2.75, 3.05) is 13.1 Å². The first-order valence-electron chi connectivity index (χ1n) is 5.46. The van der Waals surface area contributed by atoms with Crippen molar-refractivity contribution in [2.24, 2.45) is 0 Å². The van der Waals surface area contributed by atoms with Gasteiger partial charge in [0.15, 0.2) is 0 Å². The van der Waals surface area contributed by atoms with Crippen molar-refractivity contribution in [3.8, 4) is 0 Å². The molecule has 0 aliphatic carbocycles. The van der Waals surface area contributed by atoms with Crippen molar-refractivity contribution in [2.45, 2.75) is 13.8 Å². The van der Waals surface area contributed by atoms with Crippen LogP contribution in [0.15, 0.2) is 36.4 Å². The van der Waals surface area contributed by atoms with Crippen LogP contribution in [-0.2, 0) is 9.63 Å². The zero-order valence-electron chi connectivity index (χ0n) is 10.1. The SMILES string of the molecule is Br.CCN(CC)OC(=O)/C=C/c1ccccc1. The molecule has 0 fully saturated rings. The fraction of sp³-hybridized carbons (Fsp3) is 0.308. The predicted molar refractivity (Wildman–Crippen MR) is 74.8 cm³/mol. The van der Waals surface area contributed by atoms with E-state index < -0.39 is 0 Å². The molecule has 0 radical (unpaired) electrons. The molecule has 0 saturated heterocycles. The van der Waals surface area contributed by atoms with E-state index in [1.165, 1.54) is 6.08 Å². The van der Waals surface area contributed by atoms with Gasteiger partial charge in [-0.1, -0.05) is 30.3 Å². The molecule has 1 aromatic carbocycles. The summed E-state index contributed by atoms with van der Waals surface area (Å²) < 4.78 is 0. The Kier molecular flexibility index (Phi) is 8.36. The van der Waals surface area contributed by atoms with Gasteiger partial charge in [0.05, 0.1) is 0 Å². The number of carbonyl (C=O) groups is 1. The number of carbonyl (C=O) groups excluding carboxylic acids is 1. The fourth-order valence-electron chi connectivity index (χ4n) is 1.24. The highest BCUT2D eigenvalue weighted by Crippen LogP contribution is 2.01. The van der Waals surface area contributed by atoms with Crippen LogP contribution in [0.2, 0.25) is 0 Å². The van der Waals surface area contributed by atoms with Gasteiger partial charge in [0.1, 0.15) is 0 Å². The molecule has 4 heteroatoms. The Morgan fingerprint density at radius 2 is 1.82 bits per heavy atom. The third-order valence-electron chi connectivity index (χ3n) is 2.14. The molecular weight excluding hydrogens is 282 g/mol. The molecule has 0 aromatic heterocycles. The topological polar surface area (TPSA) is 29.5 Å². The second-order valence-corrected chi connectivity index (χ2v) is 3.27. The molecule has 17 heavy (non-hydrogen) atoms. The first-order valence-corrected chi connectivity index (χ1v) is 5.46. The zero-order valence-corrected chi connectivity index (χ0v) is 11.8. The van der Waals surface area contributed by atoms with Crippen LogP contribution in [-0.4, -0.2) is 24.1 Å². The highest BCUT2D eigenvalue weighted by molar-refractivity contribution is 8.93. The fourth-order valence-corrected chi connectivity index (χ4v) is 1.24. The maximum atomic E-state index is 11.4. The molecule has 0 saturated carbocycles. The van der Waals surface area contributed by atoms with Crippen LogP contribution in [0.1, 0.15) is 19.4 Å². The molecule has 0 aliphatic heterocycles. The smallest absolute Gasteiger partial charge is 0.349 e. The van der Waals surface area contributed by atoms with Gasteiger partial charge in [0, 0.05) is 19.2 Å². The van der Waals surface area contributed by atoms with Gasteiger partial charge < -0.3 is 4.84 Å². The largest absolute Gasteiger partial charge is 0.364 e. The van der Waals surface area contributed by atoms with Gasteiger partial charge in [-0.05, 0) is 25.5 Å². The minimum atomic E-state index is -0.340. The van der Waals surface area contributed by atoms with E-state index in [0.717, 1.165) is 5.56 Å². The lowest BCUT2D eigenvalue weighted by atomic mass is 10.2. The molecule has 0 spiro atoms. The molecule has 0 heterocycles. The molecule has 0 N–H and O–H groups in total. The molecule has 0 amide bonds. The summed E-state index contributed by atoms with van der Waals surface area (Å²) in [5, 5.41) is 1.61. The Morgan fingerprint density at radius 1 is 1.24 bits per heavy atom. The quantitative estimate of drug-likeness (QED) is 0.618. The molecule has 3 nitrogen and oxygen atoms in total. The van der Waals surface area contributed by atoms with Crippen molar-refractivity contribution in [1.82, 2.24) is 5.06 Å². The van der Waals surface area contributed by atoms with Crippen LogP contribution >= 0.6 is 17.0 Å². The lowest BCUT2D eigenvalue weighted by molar-refractivity contribution is -0.182. The second kappa shape index (κ2) is 8.96. The summed E-state index contributed by atoms with van der Waals surface area (Å²) >= 11 is 0. The number of halogens is 1. The van der Waals surface area contributed by atoms with Crippen molar-refractivity contribution >= 4 is 29.0 Å². The Morgan fingerprint density at radius 3 is 2.35 bits per heavy atom. The van der Waals surface area contributed by atoms with Gasteiger partial charge in [-0.25, -0.2) is 4.79 Å². The zero-order chi connectivity index (χ0) is 11.8. The molecule has 0 unspecified atom stereocenters. The van der Waals surface area contributed by atoms with E-state index in [9.17, 15) is 4.79 Å². The van der Waals surface area contributed by atoms with Crippen molar-refractivity contribution < 1.29 is 9.63 Å². The van der Waals surface area contributed by atoms with E-state index >= 15 is 0 Å². The standard InChI is InChI=1S/C13H17NO2.BrH/c1-3-14(4-2)16-13(15)11-10-12-8-6-5-7-9-12;/h5-11H,3-4H2,1-2H3;1H/b11-10+;. The van der Waals surface area contributed by atoms with Crippen molar-refractivity contribution in [1.29, 1.82) is 0 Å². The first-order chi connectivity index (χ1) is 7.76. The predicted octanol–water partition coefficient (Wildman–Crippen LogP) is 3.08. The minimum Gasteiger partial charge on any atom is -0.364 e. The van der Waals surface area contributed by atoms with Crippen LogP contribution in [0.25, 0.3) is 6.08 Å². The lowest BCUT2D eigenvalue weighted by Gasteiger charge is -2.15. The second-order valence-electron chi connectivity index (χ2n) is 3.27. The monoisotopic (exact) mass is 299 g/mol. The Labute approximate surface area is 113 Å². The van der Waals surface area contributed by atoms with Gasteiger partial charge in [0.2, 0.25) is 0 Å². The van der Waals surface area contributed by atoms with Gasteiger partial charge in [-0.3, -0.25) is 0 Å². The van der Waals surface area contributed by atoms with Crippen LogP contribution in [0, 0.1) is 0 Å². The third kappa shape index (κ3) is 6.24. The summed E-state index contributed by atoms with van der Waals surface area (Å²) in [4.78, 5) is 16.5. The highest BCUT2D eigenvalue weighted by Gasteiger charge is 2.03. The normalized spacial score (nSPS) is 10.3. The van der Waals surface area contributed by atoms with Crippen molar-refractivity contribution in [3.05, 3.63) is 42.0 Å². The highest BCUT2D eigenvalue weighted by atomic mass is 79.9. The van der Waals surface area contributed by atoms with Crippen LogP contribution in [0.3, 0.4) is 0 Å². The number of hydrogen-bond donors (Lipinski definition) is 0. The third-order valence-corrected chi connectivity index (χ3v) is 2.14. The van der Waals surface area contributed by atoms with Gasteiger partial charge in [0.25, 0.3) is 0 Å². The van der Waals surface area contributed by atoms with Gasteiger partial charge in [-0.2, -0.15) is 0 Å². The van der Waals surface area contributed by atoms with E-state index in [1.807, 2.05) is 44.2 Å². The molecule has 1 rings (SSSR count). The minimum absolute atomic E-state index is 0. The number of nitrogens with zero attached hydrogens (tertiary/aromatic N) is 1. The molecule has 0 bridgehead atoms. The van der Waals surface area contributed by atoms with E-state index in [0.29, 0.717) is 13.1 Å². The van der Waals surface area contributed by atoms with Crippen molar-refractivity contribution in [3.63, 3.8) is 0 Å². The van der Waals surface area contributed by atoms with E-state index in [4.69, 9.17) is 4.84 Å². The molecule has 1 aromatic rings. The molecule has 0 atom stereocenters. The summed E-state index contributed by atoms with van der Waals surface area (Å²) in [7, 11) is 0. The van der Waals surface area contributed by atoms with E-state index in [-0.39, 0.29) is 23.0 Å². The van der Waals surface area contributed by atoms with Crippen LogP contribution < -0.4 is 0 Å². The first kappa shape index (κ1) is 15.9. The molecular formula is C13H18BrNO2. The summed E-state index contributed by atoms with van der Waals surface area (Å²) in [6.07, 6.45) is 3.18. The summed E-state index contributed by atoms with van der Waals surface area (Å²) in [5.74, 6) is -0.340. The lowest BCUT2D eigenvalue weighted by Crippen LogP contribution is -2.25. The number of hydrogen-bond acceptors (Lipinski definition) is 3. The summed E-state index contributed by atoms with van der Waals surface area (Å²) in [6, 6.07) is 9.65. The molecule has 0 aliphatic rings. The Hall–Kier alpha value is -1.13. The Balaban J connectivity index is 0.00000256. The Bertz CT molecular complexity index is 348. The maximum Gasteiger partial charge on any atom is 0.349 e. The maximum absolute atomic E-state index is 11.4. The number of rotatable bonds is 5. The average molecular weight is 300 g/mol. The van der Waals surface area contributed by atoms with E-state index in [1.54, 1.807) is 11.1 Å². The van der Waals surface area contributed by atoms with Crippen LogP contribution in [0.4, 0.5) is 0 Å². The van der Waals surface area contributed by atoms with Crippen LogP contribution in [0.5, 0.6) is 0 Å². The number of hydroxylamine groups is 2. The molecule has 94 valence electrons. The van der Waals surface area contributed by atoms with Gasteiger partial charge in [-0.15, -0.1) is 22.0 Å². The van der Waals surface area contributed by atoms with Gasteiger partial charge >= 0.3 is 5.97 Å². The summed E-state index contributed by atoms with van der Waals surface area (Å²) in [5.41, 5.74) is 0.985. The average Bonchev–Trinajstić information content (AvgIpc) is 2.34. The summed E-state index contributed by atoms with van der Waals surface area (Å²) in [6.45, 7) is 5.28. The number of benzene rings is 1. The van der Waals surface area contributed by atoms with E-state index in [2.05, 4.69) is 0 Å².